The van der Waals surface area contributed by atoms with Crippen LogP contribution in [0.15, 0.2) is 0 Å². The molecule has 2 amide bonds. The van der Waals surface area contributed by atoms with Crippen LogP contribution in [0.5, 0.6) is 0 Å². The van der Waals surface area contributed by atoms with E-state index in [1.54, 1.807) is 11.8 Å². The van der Waals surface area contributed by atoms with Gasteiger partial charge in [0.2, 0.25) is 5.91 Å². The van der Waals surface area contributed by atoms with E-state index in [1.807, 2.05) is 0 Å². The summed E-state index contributed by atoms with van der Waals surface area (Å²) >= 11 is 1.27. The second-order valence-electron chi connectivity index (χ2n) is 5.43. The fourth-order valence-corrected chi connectivity index (χ4v) is 3.59. The van der Waals surface area contributed by atoms with Crippen molar-refractivity contribution in [1.29, 1.82) is 0 Å². The minimum absolute atomic E-state index is 0.0115. The Labute approximate surface area is 122 Å². The van der Waals surface area contributed by atoms with Gasteiger partial charge in [0.05, 0.1) is 0 Å². The molecule has 0 aromatic carbocycles. The van der Waals surface area contributed by atoms with Crippen LogP contribution in [-0.4, -0.2) is 62.9 Å². The maximum absolute atomic E-state index is 12.3. The van der Waals surface area contributed by atoms with Crippen molar-refractivity contribution in [2.45, 2.75) is 38.1 Å². The second-order valence-corrected chi connectivity index (χ2v) is 6.48. The highest BCUT2D eigenvalue weighted by Gasteiger charge is 2.43. The smallest absolute Gasteiger partial charge is 0.329 e. The van der Waals surface area contributed by atoms with E-state index in [0.717, 1.165) is 18.6 Å². The Bertz CT molecular complexity index is 429. The van der Waals surface area contributed by atoms with Gasteiger partial charge in [0, 0.05) is 31.8 Å². The Morgan fingerprint density at radius 3 is 2.70 bits per heavy atom. The van der Waals surface area contributed by atoms with Gasteiger partial charge in [0.1, 0.15) is 5.54 Å². The maximum Gasteiger partial charge on any atom is 0.329 e. The normalized spacial score (nSPS) is 26.9. The van der Waals surface area contributed by atoms with Crippen LogP contribution in [0.25, 0.3) is 0 Å². The SMILES string of the molecule is CC1(C(=O)O)CCCCN1C(=O)CCN1CCSC1=O. The summed E-state index contributed by atoms with van der Waals surface area (Å²) in [5.74, 6) is -0.346. The van der Waals surface area contributed by atoms with Gasteiger partial charge in [-0.3, -0.25) is 9.59 Å². The van der Waals surface area contributed by atoms with Crippen molar-refractivity contribution in [3.8, 4) is 0 Å². The number of carbonyl (C=O) groups excluding carboxylic acids is 2. The molecule has 0 saturated carbocycles. The average Bonchev–Trinajstić information content (AvgIpc) is 2.82. The summed E-state index contributed by atoms with van der Waals surface area (Å²) in [5.41, 5.74) is -1.10. The Morgan fingerprint density at radius 1 is 1.35 bits per heavy atom. The monoisotopic (exact) mass is 300 g/mol. The first kappa shape index (κ1) is 15.2. The number of nitrogens with zero attached hydrogens (tertiary/aromatic N) is 2. The highest BCUT2D eigenvalue weighted by molar-refractivity contribution is 8.13. The van der Waals surface area contributed by atoms with Crippen molar-refractivity contribution in [2.75, 3.05) is 25.4 Å². The molecule has 0 radical (unpaired) electrons. The van der Waals surface area contributed by atoms with E-state index in [4.69, 9.17) is 0 Å². The lowest BCUT2D eigenvalue weighted by Crippen LogP contribution is -2.57. The van der Waals surface area contributed by atoms with Crippen molar-refractivity contribution in [3.05, 3.63) is 0 Å². The summed E-state index contributed by atoms with van der Waals surface area (Å²) in [7, 11) is 0. The Balaban J connectivity index is 1.96. The number of hydrogen-bond acceptors (Lipinski definition) is 4. The van der Waals surface area contributed by atoms with Gasteiger partial charge in [-0.25, -0.2) is 4.79 Å². The van der Waals surface area contributed by atoms with Crippen LogP contribution in [0.3, 0.4) is 0 Å². The predicted octanol–water partition coefficient (Wildman–Crippen LogP) is 1.40. The summed E-state index contributed by atoms with van der Waals surface area (Å²) in [6, 6.07) is 0. The molecule has 2 heterocycles. The van der Waals surface area contributed by atoms with Gasteiger partial charge >= 0.3 is 5.97 Å². The lowest BCUT2D eigenvalue weighted by Gasteiger charge is -2.41. The molecule has 6 nitrogen and oxygen atoms in total. The van der Waals surface area contributed by atoms with Crippen LogP contribution in [-0.2, 0) is 9.59 Å². The molecular weight excluding hydrogens is 280 g/mol. The number of thioether (sulfide) groups is 1. The molecule has 0 aromatic heterocycles. The van der Waals surface area contributed by atoms with E-state index in [0.29, 0.717) is 26.1 Å². The zero-order valence-corrected chi connectivity index (χ0v) is 12.4. The van der Waals surface area contributed by atoms with Gasteiger partial charge in [-0.1, -0.05) is 11.8 Å². The van der Waals surface area contributed by atoms with E-state index in [9.17, 15) is 19.5 Å². The third-order valence-electron chi connectivity index (χ3n) is 4.09. The first-order valence-corrected chi connectivity index (χ1v) is 7.89. The third-order valence-corrected chi connectivity index (χ3v) is 4.99. The van der Waals surface area contributed by atoms with E-state index >= 15 is 0 Å². The third kappa shape index (κ3) is 2.92. The van der Waals surface area contributed by atoms with E-state index in [-0.39, 0.29) is 17.6 Å². The molecule has 2 rings (SSSR count). The van der Waals surface area contributed by atoms with Crippen LogP contribution < -0.4 is 0 Å². The quantitative estimate of drug-likeness (QED) is 0.849. The molecule has 112 valence electrons. The number of piperidine rings is 1. The van der Waals surface area contributed by atoms with Gasteiger partial charge in [-0.05, 0) is 26.2 Å². The second kappa shape index (κ2) is 6.03. The molecule has 0 aromatic rings. The molecule has 2 saturated heterocycles. The lowest BCUT2D eigenvalue weighted by molar-refractivity contribution is -0.161. The standard InChI is InChI=1S/C13H20N2O4S/c1-13(11(17)18)5-2-3-6-15(13)10(16)4-7-14-8-9-20-12(14)19/h2-9H2,1H3,(H,17,18). The summed E-state index contributed by atoms with van der Waals surface area (Å²) in [6.07, 6.45) is 2.36. The van der Waals surface area contributed by atoms with Gasteiger partial charge in [-0.15, -0.1) is 0 Å². The highest BCUT2D eigenvalue weighted by Crippen LogP contribution is 2.29. The van der Waals surface area contributed by atoms with Gasteiger partial charge in [-0.2, -0.15) is 0 Å². The molecule has 0 aliphatic carbocycles. The summed E-state index contributed by atoms with van der Waals surface area (Å²) in [5, 5.41) is 9.39. The van der Waals surface area contributed by atoms with Crippen LogP contribution in [0.1, 0.15) is 32.6 Å². The Morgan fingerprint density at radius 2 is 2.10 bits per heavy atom. The molecule has 2 aliphatic rings. The minimum atomic E-state index is -1.10. The first-order chi connectivity index (χ1) is 9.45. The fourth-order valence-electron chi connectivity index (χ4n) is 2.74. The first-order valence-electron chi connectivity index (χ1n) is 6.91. The Kier molecular flexibility index (Phi) is 4.57. The average molecular weight is 300 g/mol. The van der Waals surface area contributed by atoms with Crippen molar-refractivity contribution >= 4 is 28.9 Å². The molecule has 1 N–H and O–H groups in total. The number of carboxylic acid groups (broad SMARTS) is 1. The highest BCUT2D eigenvalue weighted by atomic mass is 32.2. The number of carbonyl (C=O) groups is 3. The van der Waals surface area contributed by atoms with Crippen LogP contribution >= 0.6 is 11.8 Å². The zero-order valence-electron chi connectivity index (χ0n) is 11.6. The Hall–Kier alpha value is -1.24. The maximum atomic E-state index is 12.3. The summed E-state index contributed by atoms with van der Waals surface area (Å²) in [6.45, 7) is 3.16. The fraction of sp³-hybridized carbons (Fsp3) is 0.769. The number of hydrogen-bond donors (Lipinski definition) is 1. The van der Waals surface area contributed by atoms with Gasteiger partial charge in [0.25, 0.3) is 5.24 Å². The van der Waals surface area contributed by atoms with Gasteiger partial charge in [0.15, 0.2) is 0 Å². The molecule has 1 unspecified atom stereocenters. The molecule has 20 heavy (non-hydrogen) atoms. The number of aliphatic carboxylic acids is 1. The molecular formula is C13H20N2O4S. The molecule has 0 bridgehead atoms. The van der Waals surface area contributed by atoms with E-state index in [1.165, 1.54) is 16.7 Å². The number of likely N-dealkylation sites (tertiary alicyclic amines) is 1. The number of carboxylic acids is 1. The molecule has 0 spiro atoms. The van der Waals surface area contributed by atoms with Crippen LogP contribution in [0.2, 0.25) is 0 Å². The minimum Gasteiger partial charge on any atom is -0.480 e. The zero-order chi connectivity index (χ0) is 14.8. The molecule has 2 aliphatic heterocycles. The van der Waals surface area contributed by atoms with Crippen molar-refractivity contribution in [1.82, 2.24) is 9.80 Å². The summed E-state index contributed by atoms with van der Waals surface area (Å²) < 4.78 is 0. The van der Waals surface area contributed by atoms with Crippen molar-refractivity contribution in [2.24, 2.45) is 0 Å². The van der Waals surface area contributed by atoms with E-state index in [2.05, 4.69) is 0 Å². The van der Waals surface area contributed by atoms with Crippen LogP contribution in [0.4, 0.5) is 4.79 Å². The predicted molar refractivity (Wildman–Crippen MR) is 75.6 cm³/mol. The topological polar surface area (TPSA) is 77.9 Å². The van der Waals surface area contributed by atoms with Crippen LogP contribution in [0, 0.1) is 0 Å². The largest absolute Gasteiger partial charge is 0.480 e. The molecule has 1 atom stereocenters. The lowest BCUT2D eigenvalue weighted by atomic mass is 9.88. The number of rotatable bonds is 4. The van der Waals surface area contributed by atoms with Crippen molar-refractivity contribution in [3.63, 3.8) is 0 Å². The van der Waals surface area contributed by atoms with Crippen molar-refractivity contribution < 1.29 is 19.5 Å². The molecule has 7 heteroatoms. The van der Waals surface area contributed by atoms with E-state index < -0.39 is 11.5 Å². The number of amides is 2. The molecule has 2 fully saturated rings. The van der Waals surface area contributed by atoms with Gasteiger partial charge < -0.3 is 14.9 Å². The summed E-state index contributed by atoms with van der Waals surface area (Å²) in [4.78, 5) is 38.3.